The number of piperidine rings is 2. The van der Waals surface area contributed by atoms with E-state index in [1.807, 2.05) is 4.90 Å². The number of amides is 1. The fourth-order valence-electron chi connectivity index (χ4n) is 5.53. The lowest BCUT2D eigenvalue weighted by molar-refractivity contribution is 0.0444. The van der Waals surface area contributed by atoms with Gasteiger partial charge in [-0.2, -0.15) is 0 Å². The average Bonchev–Trinajstić information content (AvgIpc) is 3.12. The van der Waals surface area contributed by atoms with Crippen LogP contribution in [0, 0.1) is 5.92 Å². The molecule has 5 rings (SSSR count). The summed E-state index contributed by atoms with van der Waals surface area (Å²) in [5.74, 6) is 0.926. The number of nitrogens with one attached hydrogen (secondary N) is 1. The second-order valence-electron chi connectivity index (χ2n) is 8.63. The fraction of sp³-hybridized carbons (Fsp3) is 0.591. The van der Waals surface area contributed by atoms with Gasteiger partial charge in [0.25, 0.3) is 0 Å². The van der Waals surface area contributed by atoms with Crippen molar-refractivity contribution in [2.75, 3.05) is 33.3 Å². The summed E-state index contributed by atoms with van der Waals surface area (Å²) in [5.41, 5.74) is 4.17. The largest absolute Gasteiger partial charge is 0.449 e. The zero-order valence-electron chi connectivity index (χ0n) is 16.1. The topological polar surface area (TPSA) is 48.6 Å². The molecule has 5 heteroatoms. The lowest BCUT2D eigenvalue weighted by Crippen LogP contribution is -2.49. The third-order valence-corrected chi connectivity index (χ3v) is 6.87. The number of likely N-dealkylation sites (N-methyl/N-ethyl adjacent to an activating group) is 1. The molecule has 3 aliphatic rings. The standard InChI is InChI=1S/C22H29N3O2/c1-24-13-15(14-27-22(26)25-8-3-2-4-9-25)10-18-17-6-5-7-19-21(17)16(12-23-19)11-20(18)24/h5-7,12,15,18,20,23H,2-4,8-11,13-14H2,1H3/t15?,18-,20-/m0/s1. The van der Waals surface area contributed by atoms with Crippen molar-refractivity contribution >= 4 is 17.0 Å². The highest BCUT2D eigenvalue weighted by Crippen LogP contribution is 2.44. The van der Waals surface area contributed by atoms with Crippen molar-refractivity contribution in [3.63, 3.8) is 0 Å². The molecule has 1 aliphatic carbocycles. The molecule has 3 heterocycles. The first-order valence-electron chi connectivity index (χ1n) is 10.4. The normalized spacial score (nSPS) is 28.2. The van der Waals surface area contributed by atoms with E-state index in [-0.39, 0.29) is 6.09 Å². The molecule has 27 heavy (non-hydrogen) atoms. The van der Waals surface area contributed by atoms with Gasteiger partial charge in [-0.15, -0.1) is 0 Å². The first-order chi connectivity index (χ1) is 13.2. The Bertz CT molecular complexity index is 839. The van der Waals surface area contributed by atoms with Crippen molar-refractivity contribution in [2.24, 2.45) is 5.92 Å². The van der Waals surface area contributed by atoms with Gasteiger partial charge in [0, 0.05) is 54.6 Å². The van der Waals surface area contributed by atoms with E-state index in [0.717, 1.165) is 45.3 Å². The predicted octanol–water partition coefficient (Wildman–Crippen LogP) is 3.75. The van der Waals surface area contributed by atoms with Crippen LogP contribution in [-0.4, -0.2) is 60.2 Å². The van der Waals surface area contributed by atoms with E-state index in [1.54, 1.807) is 0 Å². The number of ether oxygens (including phenoxy) is 1. The maximum Gasteiger partial charge on any atom is 0.409 e. The van der Waals surface area contributed by atoms with Crippen molar-refractivity contribution < 1.29 is 9.53 Å². The van der Waals surface area contributed by atoms with Crippen LogP contribution in [0.4, 0.5) is 4.79 Å². The van der Waals surface area contributed by atoms with Gasteiger partial charge in [0.15, 0.2) is 0 Å². The monoisotopic (exact) mass is 367 g/mol. The van der Waals surface area contributed by atoms with Crippen molar-refractivity contribution in [1.29, 1.82) is 0 Å². The number of aromatic nitrogens is 1. The van der Waals surface area contributed by atoms with E-state index in [2.05, 4.69) is 41.3 Å². The first kappa shape index (κ1) is 17.1. The number of hydrogen-bond donors (Lipinski definition) is 1. The first-order valence-corrected chi connectivity index (χ1v) is 10.4. The van der Waals surface area contributed by atoms with Crippen LogP contribution in [0.2, 0.25) is 0 Å². The Labute approximate surface area is 160 Å². The van der Waals surface area contributed by atoms with Crippen molar-refractivity contribution in [3.05, 3.63) is 35.5 Å². The second kappa shape index (κ2) is 6.86. The molecule has 2 aromatic rings. The number of benzene rings is 1. The van der Waals surface area contributed by atoms with Crippen LogP contribution in [-0.2, 0) is 11.2 Å². The minimum atomic E-state index is -0.113. The molecule has 0 spiro atoms. The van der Waals surface area contributed by atoms with Gasteiger partial charge in [0.2, 0.25) is 0 Å². The minimum absolute atomic E-state index is 0.113. The SMILES string of the molecule is CN1CC(COC(=O)N2CCCCC2)C[C@H]2c3cccc4[nH]cc(c34)C[C@@H]21. The maximum atomic E-state index is 12.4. The molecule has 2 saturated heterocycles. The van der Waals surface area contributed by atoms with Gasteiger partial charge in [-0.05, 0) is 56.3 Å². The molecule has 1 N–H and O–H groups in total. The van der Waals surface area contributed by atoms with Gasteiger partial charge in [-0.25, -0.2) is 4.79 Å². The number of likely N-dealkylation sites (tertiary alicyclic amines) is 2. The Morgan fingerprint density at radius 3 is 2.96 bits per heavy atom. The van der Waals surface area contributed by atoms with Crippen molar-refractivity contribution in [3.8, 4) is 0 Å². The van der Waals surface area contributed by atoms with E-state index in [0.29, 0.717) is 24.5 Å². The highest BCUT2D eigenvalue weighted by molar-refractivity contribution is 5.88. The summed E-state index contributed by atoms with van der Waals surface area (Å²) >= 11 is 0. The molecule has 0 bridgehead atoms. The maximum absolute atomic E-state index is 12.4. The molecule has 0 saturated carbocycles. The van der Waals surface area contributed by atoms with E-state index < -0.39 is 0 Å². The van der Waals surface area contributed by atoms with E-state index >= 15 is 0 Å². The average molecular weight is 367 g/mol. The Balaban J connectivity index is 1.30. The summed E-state index contributed by atoms with van der Waals surface area (Å²) in [4.78, 5) is 20.2. The van der Waals surface area contributed by atoms with E-state index in [1.165, 1.54) is 28.5 Å². The van der Waals surface area contributed by atoms with E-state index in [9.17, 15) is 4.79 Å². The number of carbonyl (C=O) groups excluding carboxylic acids is 1. The Kier molecular flexibility index (Phi) is 4.35. The zero-order valence-corrected chi connectivity index (χ0v) is 16.1. The molecule has 1 unspecified atom stereocenters. The predicted molar refractivity (Wildman–Crippen MR) is 106 cm³/mol. The van der Waals surface area contributed by atoms with Crippen LogP contribution in [0.1, 0.15) is 42.7 Å². The molecule has 144 valence electrons. The number of carbonyl (C=O) groups is 1. The van der Waals surface area contributed by atoms with Crippen LogP contribution in [0.15, 0.2) is 24.4 Å². The summed E-state index contributed by atoms with van der Waals surface area (Å²) in [6, 6.07) is 7.19. The molecule has 1 aromatic heterocycles. The summed E-state index contributed by atoms with van der Waals surface area (Å²) in [6.07, 6.45) is 7.72. The zero-order chi connectivity index (χ0) is 18.4. The van der Waals surface area contributed by atoms with E-state index in [4.69, 9.17) is 4.74 Å². The molecule has 5 nitrogen and oxygen atoms in total. The second-order valence-corrected chi connectivity index (χ2v) is 8.63. The summed E-state index contributed by atoms with van der Waals surface area (Å²) < 4.78 is 5.73. The van der Waals surface area contributed by atoms with Gasteiger partial charge in [0.1, 0.15) is 0 Å². The van der Waals surface area contributed by atoms with Gasteiger partial charge in [-0.1, -0.05) is 12.1 Å². The summed E-state index contributed by atoms with van der Waals surface area (Å²) in [5, 5.41) is 1.43. The number of H-pyrrole nitrogens is 1. The molecule has 2 fully saturated rings. The molecule has 2 aliphatic heterocycles. The molecular formula is C22H29N3O2. The third-order valence-electron chi connectivity index (χ3n) is 6.87. The Morgan fingerprint density at radius 1 is 1.26 bits per heavy atom. The number of hydrogen-bond acceptors (Lipinski definition) is 3. The number of nitrogens with zero attached hydrogens (tertiary/aromatic N) is 2. The lowest BCUT2D eigenvalue weighted by atomic mass is 9.72. The van der Waals surface area contributed by atoms with Gasteiger partial charge >= 0.3 is 6.09 Å². The van der Waals surface area contributed by atoms with Crippen LogP contribution >= 0.6 is 0 Å². The van der Waals surface area contributed by atoms with Crippen LogP contribution in [0.5, 0.6) is 0 Å². The molecule has 0 radical (unpaired) electrons. The number of fused-ring (bicyclic) bond motifs is 2. The molecular weight excluding hydrogens is 338 g/mol. The minimum Gasteiger partial charge on any atom is -0.449 e. The summed E-state index contributed by atoms with van der Waals surface area (Å²) in [7, 11) is 2.23. The van der Waals surface area contributed by atoms with Crippen molar-refractivity contribution in [2.45, 2.75) is 44.1 Å². The van der Waals surface area contributed by atoms with Gasteiger partial charge in [-0.3, -0.25) is 0 Å². The molecule has 3 atom stereocenters. The van der Waals surface area contributed by atoms with Gasteiger partial charge in [0.05, 0.1) is 6.61 Å². The molecule has 1 aromatic carbocycles. The quantitative estimate of drug-likeness (QED) is 0.879. The van der Waals surface area contributed by atoms with Gasteiger partial charge < -0.3 is 19.5 Å². The Hall–Kier alpha value is -2.01. The smallest absolute Gasteiger partial charge is 0.409 e. The van der Waals surface area contributed by atoms with Crippen molar-refractivity contribution in [1.82, 2.24) is 14.8 Å². The number of aromatic amines is 1. The number of rotatable bonds is 2. The van der Waals surface area contributed by atoms with Crippen LogP contribution < -0.4 is 0 Å². The summed E-state index contributed by atoms with van der Waals surface area (Å²) in [6.45, 7) is 3.25. The molecule has 1 amide bonds. The van der Waals surface area contributed by atoms with Crippen LogP contribution in [0.25, 0.3) is 10.9 Å². The third kappa shape index (κ3) is 3.02. The highest BCUT2D eigenvalue weighted by atomic mass is 16.6. The Morgan fingerprint density at radius 2 is 2.11 bits per heavy atom. The highest BCUT2D eigenvalue weighted by Gasteiger charge is 2.39. The lowest BCUT2D eigenvalue weighted by Gasteiger charge is -2.45. The van der Waals surface area contributed by atoms with Crippen LogP contribution in [0.3, 0.4) is 0 Å². The fourth-order valence-corrected chi connectivity index (χ4v) is 5.53.